The largest absolute Gasteiger partial charge is 0.385 e. The van der Waals surface area contributed by atoms with Gasteiger partial charge in [-0.2, -0.15) is 0 Å². The molecule has 0 aromatic heterocycles. The molecule has 0 saturated heterocycles. The van der Waals surface area contributed by atoms with Gasteiger partial charge in [0.15, 0.2) is 0 Å². The van der Waals surface area contributed by atoms with Crippen molar-refractivity contribution in [1.29, 1.82) is 0 Å². The van der Waals surface area contributed by atoms with E-state index < -0.39 is 20.8 Å². The lowest BCUT2D eigenvalue weighted by Gasteiger charge is -2.08. The van der Waals surface area contributed by atoms with Gasteiger partial charge in [0, 0.05) is 41.6 Å². The summed E-state index contributed by atoms with van der Waals surface area (Å²) in [7, 11) is -4.15. The van der Waals surface area contributed by atoms with E-state index in [1.54, 1.807) is 37.4 Å². The smallest absolute Gasteiger partial charge is 0.240 e. The molecule has 19 heavy (non-hydrogen) atoms. The van der Waals surface area contributed by atoms with Crippen molar-refractivity contribution in [1.82, 2.24) is 4.72 Å². The van der Waals surface area contributed by atoms with E-state index in [9.17, 15) is 12.6 Å². The monoisotopic (exact) mass is 304 g/mol. The van der Waals surface area contributed by atoms with Gasteiger partial charge in [-0.3, -0.25) is 4.21 Å². The van der Waals surface area contributed by atoms with Crippen LogP contribution in [-0.2, 0) is 20.8 Å². The highest BCUT2D eigenvalue weighted by atomic mass is 32.2. The molecule has 1 unspecified atom stereocenters. The van der Waals surface area contributed by atoms with Crippen LogP contribution in [-0.4, -0.2) is 37.7 Å². The van der Waals surface area contributed by atoms with E-state index in [4.69, 9.17) is 0 Å². The number of anilines is 1. The third-order valence-electron chi connectivity index (χ3n) is 2.44. The average molecular weight is 304 g/mol. The number of sulfonamides is 1. The summed E-state index contributed by atoms with van der Waals surface area (Å²) in [6.45, 7) is 2.83. The van der Waals surface area contributed by atoms with Gasteiger partial charge in [0.1, 0.15) is 0 Å². The Labute approximate surface area is 117 Å². The van der Waals surface area contributed by atoms with Crippen molar-refractivity contribution in [2.45, 2.75) is 18.2 Å². The zero-order valence-electron chi connectivity index (χ0n) is 11.2. The Morgan fingerprint density at radius 1 is 1.21 bits per heavy atom. The Hall–Kier alpha value is -0.920. The number of hydrogen-bond donors (Lipinski definition) is 2. The SMILES string of the molecule is CCNS(=O)(=O)c1ccc(NCCCS(C)=O)cc1. The molecule has 0 saturated carbocycles. The maximum Gasteiger partial charge on any atom is 0.240 e. The van der Waals surface area contributed by atoms with Crippen LogP contribution in [0.3, 0.4) is 0 Å². The standard InChI is InChI=1S/C12H20N2O3S2/c1-3-14-19(16,17)12-7-5-11(6-8-12)13-9-4-10-18(2)15/h5-8,13-14H,3-4,9-10H2,1-2H3. The van der Waals surface area contributed by atoms with E-state index in [0.717, 1.165) is 18.7 Å². The molecule has 0 radical (unpaired) electrons. The molecule has 7 heteroatoms. The lowest BCUT2D eigenvalue weighted by molar-refractivity contribution is 0.584. The van der Waals surface area contributed by atoms with E-state index >= 15 is 0 Å². The highest BCUT2D eigenvalue weighted by Gasteiger charge is 2.11. The summed E-state index contributed by atoms with van der Waals surface area (Å²) in [5.74, 6) is 0.667. The molecule has 0 aliphatic carbocycles. The fourth-order valence-corrected chi connectivity index (χ4v) is 3.13. The van der Waals surface area contributed by atoms with Gasteiger partial charge in [-0.25, -0.2) is 13.1 Å². The maximum absolute atomic E-state index is 11.7. The van der Waals surface area contributed by atoms with Crippen molar-refractivity contribution < 1.29 is 12.6 Å². The Morgan fingerprint density at radius 2 is 1.84 bits per heavy atom. The Kier molecular flexibility index (Phi) is 6.47. The molecule has 5 nitrogen and oxygen atoms in total. The van der Waals surface area contributed by atoms with Gasteiger partial charge in [-0.05, 0) is 30.7 Å². The van der Waals surface area contributed by atoms with Crippen LogP contribution >= 0.6 is 0 Å². The minimum Gasteiger partial charge on any atom is -0.385 e. The molecule has 1 aromatic rings. The van der Waals surface area contributed by atoms with Crippen molar-refractivity contribution in [2.75, 3.05) is 30.4 Å². The summed E-state index contributed by atoms with van der Waals surface area (Å²) in [6.07, 6.45) is 2.50. The van der Waals surface area contributed by atoms with Crippen LogP contribution in [0.2, 0.25) is 0 Å². The van der Waals surface area contributed by atoms with Crippen molar-refractivity contribution >= 4 is 26.5 Å². The molecule has 0 aliphatic rings. The predicted molar refractivity (Wildman–Crippen MR) is 79.3 cm³/mol. The Morgan fingerprint density at radius 3 is 2.37 bits per heavy atom. The molecular weight excluding hydrogens is 284 g/mol. The summed E-state index contributed by atoms with van der Waals surface area (Å²) in [6, 6.07) is 6.59. The lowest BCUT2D eigenvalue weighted by atomic mass is 10.3. The zero-order valence-corrected chi connectivity index (χ0v) is 12.8. The molecule has 0 spiro atoms. The van der Waals surface area contributed by atoms with E-state index in [1.807, 2.05) is 0 Å². The zero-order chi connectivity index (χ0) is 14.3. The van der Waals surface area contributed by atoms with Gasteiger partial charge in [-0.1, -0.05) is 6.92 Å². The minimum absolute atomic E-state index is 0.259. The predicted octanol–water partition coefficient (Wildman–Crippen LogP) is 1.17. The van der Waals surface area contributed by atoms with Gasteiger partial charge in [0.2, 0.25) is 10.0 Å². The van der Waals surface area contributed by atoms with Crippen molar-refractivity contribution in [3.8, 4) is 0 Å². The van der Waals surface area contributed by atoms with Gasteiger partial charge in [-0.15, -0.1) is 0 Å². The van der Waals surface area contributed by atoms with Crippen LogP contribution in [0.4, 0.5) is 5.69 Å². The molecule has 1 atom stereocenters. The van der Waals surface area contributed by atoms with Crippen molar-refractivity contribution in [3.63, 3.8) is 0 Å². The summed E-state index contributed by atoms with van der Waals surface area (Å²) < 4.78 is 36.7. The Bertz CT molecular complexity index is 512. The topological polar surface area (TPSA) is 75.3 Å². The summed E-state index contributed by atoms with van der Waals surface area (Å²) in [4.78, 5) is 0.259. The first-order valence-corrected chi connectivity index (χ1v) is 9.30. The maximum atomic E-state index is 11.7. The quantitative estimate of drug-likeness (QED) is 0.707. The molecule has 1 aromatic carbocycles. The van der Waals surface area contributed by atoms with Gasteiger partial charge >= 0.3 is 0 Å². The molecule has 108 valence electrons. The number of hydrogen-bond acceptors (Lipinski definition) is 4. The molecule has 1 rings (SSSR count). The fraction of sp³-hybridized carbons (Fsp3) is 0.500. The van der Waals surface area contributed by atoms with Gasteiger partial charge < -0.3 is 5.32 Å². The highest BCUT2D eigenvalue weighted by Crippen LogP contribution is 2.13. The second-order valence-corrected chi connectivity index (χ2v) is 7.40. The van der Waals surface area contributed by atoms with Gasteiger partial charge in [0.05, 0.1) is 4.90 Å². The highest BCUT2D eigenvalue weighted by molar-refractivity contribution is 7.89. The molecular formula is C12H20N2O3S2. The van der Waals surface area contributed by atoms with E-state index in [0.29, 0.717) is 12.3 Å². The first-order valence-electron chi connectivity index (χ1n) is 6.09. The second-order valence-electron chi connectivity index (χ2n) is 4.08. The van der Waals surface area contributed by atoms with Crippen LogP contribution in [0.1, 0.15) is 13.3 Å². The molecule has 0 heterocycles. The van der Waals surface area contributed by atoms with E-state index in [1.165, 1.54) is 0 Å². The molecule has 2 N–H and O–H groups in total. The van der Waals surface area contributed by atoms with Crippen molar-refractivity contribution in [3.05, 3.63) is 24.3 Å². The fourth-order valence-electron chi connectivity index (χ4n) is 1.53. The number of nitrogens with one attached hydrogen (secondary N) is 2. The number of rotatable bonds is 8. The first-order chi connectivity index (χ1) is 8.95. The van der Waals surface area contributed by atoms with Crippen LogP contribution in [0.15, 0.2) is 29.2 Å². The molecule has 0 bridgehead atoms. The molecule has 0 amide bonds. The van der Waals surface area contributed by atoms with E-state index in [-0.39, 0.29) is 4.90 Å². The average Bonchev–Trinajstić information content (AvgIpc) is 2.35. The van der Waals surface area contributed by atoms with Gasteiger partial charge in [0.25, 0.3) is 0 Å². The summed E-state index contributed by atoms with van der Waals surface area (Å²) >= 11 is 0. The third-order valence-corrected chi connectivity index (χ3v) is 4.86. The first kappa shape index (κ1) is 16.1. The minimum atomic E-state index is -3.38. The third kappa shape index (κ3) is 5.71. The summed E-state index contributed by atoms with van der Waals surface area (Å²) in [5, 5.41) is 3.16. The second kappa shape index (κ2) is 7.62. The van der Waals surface area contributed by atoms with Crippen LogP contribution in [0, 0.1) is 0 Å². The van der Waals surface area contributed by atoms with Crippen molar-refractivity contribution in [2.24, 2.45) is 0 Å². The molecule has 0 fully saturated rings. The Balaban J connectivity index is 2.55. The summed E-state index contributed by atoms with van der Waals surface area (Å²) in [5.41, 5.74) is 0.859. The molecule has 0 aliphatic heterocycles. The van der Waals surface area contributed by atoms with E-state index in [2.05, 4.69) is 10.0 Å². The van der Waals surface area contributed by atoms with Crippen LogP contribution in [0.25, 0.3) is 0 Å². The normalized spacial score (nSPS) is 13.2. The lowest BCUT2D eigenvalue weighted by Crippen LogP contribution is -2.23. The van der Waals surface area contributed by atoms with Crippen LogP contribution < -0.4 is 10.0 Å². The number of benzene rings is 1. The van der Waals surface area contributed by atoms with Crippen LogP contribution in [0.5, 0.6) is 0 Å².